The molecule has 7 heteroatoms. The van der Waals surface area contributed by atoms with Gasteiger partial charge in [-0.25, -0.2) is 0 Å². The maximum atomic E-state index is 11.5. The van der Waals surface area contributed by atoms with Crippen LogP contribution in [0.3, 0.4) is 0 Å². The molecule has 3 saturated carbocycles. The van der Waals surface area contributed by atoms with E-state index in [1.165, 1.54) is 31.5 Å². The van der Waals surface area contributed by atoms with Gasteiger partial charge in [0.25, 0.3) is 0 Å². The molecule has 3 fully saturated rings. The highest BCUT2D eigenvalue weighted by molar-refractivity contribution is 7.99. The number of nitrogens with zero attached hydrogens (tertiary/aromatic N) is 3. The second kappa shape index (κ2) is 4.71. The van der Waals surface area contributed by atoms with E-state index < -0.39 is 5.54 Å². The zero-order valence-corrected chi connectivity index (χ0v) is 12.8. The lowest BCUT2D eigenvalue weighted by Crippen LogP contribution is -2.50. The van der Waals surface area contributed by atoms with E-state index in [0.717, 1.165) is 11.6 Å². The predicted molar refractivity (Wildman–Crippen MR) is 79.9 cm³/mol. The van der Waals surface area contributed by atoms with Crippen LogP contribution in [-0.4, -0.2) is 31.5 Å². The molecule has 1 aromatic heterocycles. The average molecular weight is 307 g/mol. The van der Waals surface area contributed by atoms with Crippen LogP contribution in [0.5, 0.6) is 0 Å². The van der Waals surface area contributed by atoms with E-state index in [4.69, 9.17) is 11.5 Å². The highest BCUT2D eigenvalue weighted by Crippen LogP contribution is 2.47. The summed E-state index contributed by atoms with van der Waals surface area (Å²) in [7, 11) is 0. The molecule has 2 unspecified atom stereocenters. The Labute approximate surface area is 128 Å². The molecule has 21 heavy (non-hydrogen) atoms. The Morgan fingerprint density at radius 2 is 2.00 bits per heavy atom. The molecule has 0 bridgehead atoms. The molecule has 4 N–H and O–H groups in total. The minimum Gasteiger partial charge on any atom is -0.368 e. The van der Waals surface area contributed by atoms with Crippen LogP contribution >= 0.6 is 11.8 Å². The summed E-state index contributed by atoms with van der Waals surface area (Å²) in [6.07, 6.45) is 7.19. The smallest absolute Gasteiger partial charge is 0.237 e. The number of amides is 1. The second-order valence-electron chi connectivity index (χ2n) is 6.72. The van der Waals surface area contributed by atoms with E-state index in [-0.39, 0.29) is 5.91 Å². The summed E-state index contributed by atoms with van der Waals surface area (Å²) in [5.74, 6) is 1.41. The summed E-state index contributed by atoms with van der Waals surface area (Å²) >= 11 is 1.73. The Morgan fingerprint density at radius 3 is 2.57 bits per heavy atom. The summed E-state index contributed by atoms with van der Waals surface area (Å²) in [5.41, 5.74) is 10.7. The lowest BCUT2D eigenvalue weighted by Gasteiger charge is -2.19. The van der Waals surface area contributed by atoms with Gasteiger partial charge in [-0.05, 0) is 44.9 Å². The highest BCUT2D eigenvalue weighted by Gasteiger charge is 2.42. The SMILES string of the molecule is NC(=O)C1(N)CCC(Sc2nnc(C3CC3)n2C2CC2)C1. The molecule has 1 aromatic rings. The highest BCUT2D eigenvalue weighted by atomic mass is 32.2. The van der Waals surface area contributed by atoms with Gasteiger partial charge >= 0.3 is 0 Å². The van der Waals surface area contributed by atoms with E-state index in [9.17, 15) is 4.79 Å². The number of rotatable bonds is 5. The fraction of sp³-hybridized carbons (Fsp3) is 0.786. The summed E-state index contributed by atoms with van der Waals surface area (Å²) in [5, 5.41) is 10.2. The molecule has 1 amide bonds. The Hall–Kier alpha value is -1.08. The van der Waals surface area contributed by atoms with E-state index in [1.54, 1.807) is 11.8 Å². The molecule has 6 nitrogen and oxygen atoms in total. The van der Waals surface area contributed by atoms with Crippen LogP contribution in [0.1, 0.15) is 62.7 Å². The van der Waals surface area contributed by atoms with E-state index in [0.29, 0.717) is 30.1 Å². The van der Waals surface area contributed by atoms with Gasteiger partial charge in [-0.3, -0.25) is 4.79 Å². The fourth-order valence-electron chi connectivity index (χ4n) is 3.17. The van der Waals surface area contributed by atoms with Gasteiger partial charge in [0.1, 0.15) is 5.82 Å². The number of carbonyl (C=O) groups excluding carboxylic acids is 1. The Morgan fingerprint density at radius 1 is 1.24 bits per heavy atom. The first kappa shape index (κ1) is 13.6. The first-order chi connectivity index (χ1) is 10.1. The quantitative estimate of drug-likeness (QED) is 0.854. The molecule has 0 saturated heterocycles. The van der Waals surface area contributed by atoms with Crippen molar-refractivity contribution in [2.45, 2.75) is 72.9 Å². The van der Waals surface area contributed by atoms with Crippen LogP contribution in [0, 0.1) is 0 Å². The molecule has 0 spiro atoms. The number of nitrogens with two attached hydrogens (primary N) is 2. The molecule has 0 aromatic carbocycles. The largest absolute Gasteiger partial charge is 0.368 e. The van der Waals surface area contributed by atoms with Crippen molar-refractivity contribution < 1.29 is 4.79 Å². The van der Waals surface area contributed by atoms with Crippen molar-refractivity contribution in [3.05, 3.63) is 5.82 Å². The predicted octanol–water partition coefficient (Wildman–Crippen LogP) is 1.32. The third-order valence-electron chi connectivity index (χ3n) is 4.81. The van der Waals surface area contributed by atoms with E-state index in [2.05, 4.69) is 14.8 Å². The Balaban J connectivity index is 1.52. The van der Waals surface area contributed by atoms with Gasteiger partial charge in [-0.2, -0.15) is 0 Å². The summed E-state index contributed by atoms with van der Waals surface area (Å²) < 4.78 is 2.35. The van der Waals surface area contributed by atoms with Crippen molar-refractivity contribution in [1.82, 2.24) is 14.8 Å². The van der Waals surface area contributed by atoms with Crippen LogP contribution in [0.2, 0.25) is 0 Å². The number of hydrogen-bond acceptors (Lipinski definition) is 5. The number of carbonyl (C=O) groups is 1. The Kier molecular flexibility index (Phi) is 3.04. The van der Waals surface area contributed by atoms with Crippen molar-refractivity contribution in [2.24, 2.45) is 11.5 Å². The molecule has 0 aliphatic heterocycles. The van der Waals surface area contributed by atoms with E-state index >= 15 is 0 Å². The van der Waals surface area contributed by atoms with Gasteiger partial charge in [0.15, 0.2) is 5.16 Å². The molecular formula is C14H21N5OS. The maximum Gasteiger partial charge on any atom is 0.237 e. The first-order valence-electron chi connectivity index (χ1n) is 7.77. The van der Waals surface area contributed by atoms with Crippen LogP contribution in [0.25, 0.3) is 0 Å². The summed E-state index contributed by atoms with van der Waals surface area (Å²) in [6.45, 7) is 0. The van der Waals surface area contributed by atoms with Gasteiger partial charge in [0, 0.05) is 17.2 Å². The van der Waals surface area contributed by atoms with Crippen LogP contribution in [0.4, 0.5) is 0 Å². The van der Waals surface area contributed by atoms with Gasteiger partial charge < -0.3 is 16.0 Å². The minimum atomic E-state index is -0.832. The van der Waals surface area contributed by atoms with Crippen molar-refractivity contribution in [2.75, 3.05) is 0 Å². The molecule has 4 rings (SSSR count). The van der Waals surface area contributed by atoms with E-state index in [1.807, 2.05) is 0 Å². The molecule has 114 valence electrons. The first-order valence-corrected chi connectivity index (χ1v) is 8.65. The molecular weight excluding hydrogens is 286 g/mol. The van der Waals surface area contributed by atoms with Crippen molar-refractivity contribution in [3.8, 4) is 0 Å². The molecule has 3 aliphatic rings. The molecule has 0 radical (unpaired) electrons. The normalized spacial score (nSPS) is 32.5. The number of aromatic nitrogens is 3. The molecule has 1 heterocycles. The third-order valence-corrected chi connectivity index (χ3v) is 6.04. The van der Waals surface area contributed by atoms with Gasteiger partial charge in [0.2, 0.25) is 5.91 Å². The van der Waals surface area contributed by atoms with Crippen LogP contribution < -0.4 is 11.5 Å². The second-order valence-corrected chi connectivity index (χ2v) is 7.99. The lowest BCUT2D eigenvalue weighted by atomic mass is 9.99. The molecule has 3 aliphatic carbocycles. The molecule has 2 atom stereocenters. The standard InChI is InChI=1S/C14H21N5OS/c15-12(20)14(16)6-5-10(7-14)21-13-18-17-11(8-1-2-8)19(13)9-3-4-9/h8-10H,1-7,16H2,(H2,15,20). The zero-order valence-electron chi connectivity index (χ0n) is 12.0. The summed E-state index contributed by atoms with van der Waals surface area (Å²) in [4.78, 5) is 11.5. The number of hydrogen-bond donors (Lipinski definition) is 2. The fourth-order valence-corrected chi connectivity index (χ4v) is 4.53. The van der Waals surface area contributed by atoms with Crippen molar-refractivity contribution >= 4 is 17.7 Å². The van der Waals surface area contributed by atoms with Crippen LogP contribution in [-0.2, 0) is 4.79 Å². The number of thioether (sulfide) groups is 1. The maximum absolute atomic E-state index is 11.5. The monoisotopic (exact) mass is 307 g/mol. The minimum absolute atomic E-state index is 0.316. The number of primary amides is 1. The topological polar surface area (TPSA) is 99.8 Å². The van der Waals surface area contributed by atoms with Crippen LogP contribution in [0.15, 0.2) is 5.16 Å². The van der Waals surface area contributed by atoms with Gasteiger partial charge in [0.05, 0.1) is 5.54 Å². The lowest BCUT2D eigenvalue weighted by molar-refractivity contribution is -0.122. The zero-order chi connectivity index (χ0) is 14.6. The van der Waals surface area contributed by atoms with Crippen molar-refractivity contribution in [1.29, 1.82) is 0 Å². The van der Waals surface area contributed by atoms with Crippen molar-refractivity contribution in [3.63, 3.8) is 0 Å². The van der Waals surface area contributed by atoms with Gasteiger partial charge in [-0.15, -0.1) is 10.2 Å². The Bertz CT molecular complexity index is 580. The third kappa shape index (κ3) is 2.46. The summed E-state index contributed by atoms with van der Waals surface area (Å²) in [6, 6.07) is 0.596. The average Bonchev–Trinajstić information content (AvgIpc) is 3.36. The van der Waals surface area contributed by atoms with Gasteiger partial charge in [-0.1, -0.05) is 11.8 Å².